The van der Waals surface area contributed by atoms with Gasteiger partial charge in [0.2, 0.25) is 12.7 Å². The van der Waals surface area contributed by atoms with Crippen molar-refractivity contribution in [3.8, 4) is 23.3 Å². The van der Waals surface area contributed by atoms with Crippen LogP contribution in [0.1, 0.15) is 31.2 Å². The normalized spacial score (nSPS) is 20.5. The summed E-state index contributed by atoms with van der Waals surface area (Å²) in [5.74, 6) is 2.24. The van der Waals surface area contributed by atoms with E-state index >= 15 is 0 Å². The summed E-state index contributed by atoms with van der Waals surface area (Å²) in [6.07, 6.45) is 6.93. The van der Waals surface area contributed by atoms with Crippen molar-refractivity contribution < 1.29 is 23.7 Å². The number of methoxy groups -OCH3 is 1. The Bertz CT molecular complexity index is 836. The van der Waals surface area contributed by atoms with E-state index in [4.69, 9.17) is 18.9 Å². The van der Waals surface area contributed by atoms with E-state index in [1.165, 1.54) is 0 Å². The molecule has 0 saturated heterocycles. The van der Waals surface area contributed by atoms with E-state index in [1.807, 2.05) is 18.2 Å². The van der Waals surface area contributed by atoms with Crippen molar-refractivity contribution in [3.63, 3.8) is 0 Å². The van der Waals surface area contributed by atoms with E-state index in [2.05, 4.69) is 15.3 Å². The van der Waals surface area contributed by atoms with Crippen LogP contribution in [0.25, 0.3) is 0 Å². The van der Waals surface area contributed by atoms with Crippen molar-refractivity contribution in [2.45, 2.75) is 44.2 Å². The van der Waals surface area contributed by atoms with E-state index < -0.39 is 0 Å². The van der Waals surface area contributed by atoms with Gasteiger partial charge in [-0.25, -0.2) is 9.97 Å². The molecule has 1 N–H and O–H groups in total. The van der Waals surface area contributed by atoms with Crippen molar-refractivity contribution >= 4 is 5.91 Å². The van der Waals surface area contributed by atoms with Crippen LogP contribution in [-0.2, 0) is 11.2 Å². The van der Waals surface area contributed by atoms with Crippen LogP contribution in [0.5, 0.6) is 23.3 Å². The van der Waals surface area contributed by atoms with Gasteiger partial charge in [-0.1, -0.05) is 6.07 Å². The number of hydrogen-bond acceptors (Lipinski definition) is 7. The lowest BCUT2D eigenvalue weighted by Gasteiger charge is -2.29. The molecule has 1 aromatic carbocycles. The van der Waals surface area contributed by atoms with Gasteiger partial charge in [0.25, 0.3) is 11.8 Å². The molecule has 2 aliphatic rings. The number of benzene rings is 1. The van der Waals surface area contributed by atoms with Crippen LogP contribution in [0.3, 0.4) is 0 Å². The summed E-state index contributed by atoms with van der Waals surface area (Å²) in [5.41, 5.74) is 0.911. The number of amides is 1. The van der Waals surface area contributed by atoms with E-state index in [0.717, 1.165) is 37.0 Å². The number of aromatic nitrogens is 2. The third-order valence-electron chi connectivity index (χ3n) is 4.95. The molecule has 148 valence electrons. The molecule has 2 aromatic rings. The highest BCUT2D eigenvalue weighted by Gasteiger charge is 2.25. The van der Waals surface area contributed by atoms with Crippen LogP contribution in [0.2, 0.25) is 0 Å². The summed E-state index contributed by atoms with van der Waals surface area (Å²) in [6, 6.07) is 5.76. The molecule has 4 rings (SSSR count). The molecule has 2 heterocycles. The van der Waals surface area contributed by atoms with E-state index in [-0.39, 0.29) is 24.8 Å². The molecule has 1 saturated carbocycles. The highest BCUT2D eigenvalue weighted by Crippen LogP contribution is 2.32. The van der Waals surface area contributed by atoms with Crippen LogP contribution in [0, 0.1) is 0 Å². The summed E-state index contributed by atoms with van der Waals surface area (Å²) in [5, 5.41) is 3.12. The molecule has 0 spiro atoms. The predicted molar refractivity (Wildman–Crippen MR) is 99.7 cm³/mol. The quantitative estimate of drug-likeness (QED) is 0.815. The summed E-state index contributed by atoms with van der Waals surface area (Å²) in [7, 11) is 1.55. The van der Waals surface area contributed by atoms with E-state index in [0.29, 0.717) is 23.9 Å². The van der Waals surface area contributed by atoms with E-state index in [9.17, 15) is 4.79 Å². The second-order valence-electron chi connectivity index (χ2n) is 6.89. The zero-order valence-corrected chi connectivity index (χ0v) is 15.7. The largest absolute Gasteiger partial charge is 0.477 e. The van der Waals surface area contributed by atoms with Gasteiger partial charge in [0.15, 0.2) is 11.5 Å². The fourth-order valence-electron chi connectivity index (χ4n) is 3.53. The average molecular weight is 385 g/mol. The second kappa shape index (κ2) is 8.33. The topological polar surface area (TPSA) is 91.8 Å². The fourth-order valence-corrected chi connectivity index (χ4v) is 3.53. The Labute approximate surface area is 163 Å². The fraction of sp³-hybridized carbons (Fsp3) is 0.450. The first-order valence-electron chi connectivity index (χ1n) is 9.41. The molecular weight excluding hydrogens is 362 g/mol. The van der Waals surface area contributed by atoms with Crippen molar-refractivity contribution in [1.82, 2.24) is 15.3 Å². The summed E-state index contributed by atoms with van der Waals surface area (Å²) >= 11 is 0. The van der Waals surface area contributed by atoms with Crippen LogP contribution >= 0.6 is 0 Å². The molecule has 0 radical (unpaired) electrons. The highest BCUT2D eigenvalue weighted by molar-refractivity contribution is 5.79. The van der Waals surface area contributed by atoms with Crippen molar-refractivity contribution in [1.29, 1.82) is 0 Å². The Balaban J connectivity index is 1.24. The highest BCUT2D eigenvalue weighted by atomic mass is 16.7. The Morgan fingerprint density at radius 2 is 1.86 bits per heavy atom. The molecule has 1 aliphatic carbocycles. The Morgan fingerprint density at radius 1 is 1.11 bits per heavy atom. The van der Waals surface area contributed by atoms with Gasteiger partial charge in [-0.05, 0) is 43.4 Å². The first-order chi connectivity index (χ1) is 13.7. The lowest BCUT2D eigenvalue weighted by molar-refractivity contribution is -0.121. The van der Waals surface area contributed by atoms with Crippen molar-refractivity contribution in [2.24, 2.45) is 0 Å². The SMILES string of the molecule is COc1nccnc1OC1CCC(NC(=O)Cc2ccc3c(c2)OCO3)CC1. The van der Waals surface area contributed by atoms with Gasteiger partial charge in [0.05, 0.1) is 13.5 Å². The first-order valence-corrected chi connectivity index (χ1v) is 9.41. The number of carbonyl (C=O) groups excluding carboxylic acids is 1. The minimum absolute atomic E-state index is 0.0128. The number of carbonyl (C=O) groups is 1. The predicted octanol–water partition coefficient (Wildman–Crippen LogP) is 2.26. The van der Waals surface area contributed by atoms with Gasteiger partial charge in [-0.3, -0.25) is 4.79 Å². The minimum Gasteiger partial charge on any atom is -0.477 e. The maximum Gasteiger partial charge on any atom is 0.278 e. The third kappa shape index (κ3) is 4.27. The first kappa shape index (κ1) is 18.3. The molecule has 1 amide bonds. The monoisotopic (exact) mass is 385 g/mol. The zero-order valence-electron chi connectivity index (χ0n) is 15.7. The van der Waals surface area contributed by atoms with Gasteiger partial charge in [-0.2, -0.15) is 0 Å². The molecule has 0 unspecified atom stereocenters. The average Bonchev–Trinajstić information content (AvgIpc) is 3.18. The number of rotatable bonds is 6. The lowest BCUT2D eigenvalue weighted by atomic mass is 9.92. The lowest BCUT2D eigenvalue weighted by Crippen LogP contribution is -2.40. The molecule has 1 aromatic heterocycles. The van der Waals surface area contributed by atoms with Crippen LogP contribution in [0.15, 0.2) is 30.6 Å². The molecule has 0 atom stereocenters. The molecular formula is C20H23N3O5. The summed E-state index contributed by atoms with van der Waals surface area (Å²) in [6.45, 7) is 0.233. The smallest absolute Gasteiger partial charge is 0.278 e. The minimum atomic E-state index is 0.0128. The Kier molecular flexibility index (Phi) is 5.45. The molecule has 1 aliphatic heterocycles. The van der Waals surface area contributed by atoms with Gasteiger partial charge < -0.3 is 24.3 Å². The zero-order chi connectivity index (χ0) is 19.3. The molecule has 28 heavy (non-hydrogen) atoms. The van der Waals surface area contributed by atoms with Crippen LogP contribution in [-0.4, -0.2) is 41.9 Å². The molecule has 8 nitrogen and oxygen atoms in total. The molecule has 0 bridgehead atoms. The van der Waals surface area contributed by atoms with Gasteiger partial charge >= 0.3 is 0 Å². The Morgan fingerprint density at radius 3 is 2.64 bits per heavy atom. The Hall–Kier alpha value is -3.03. The number of hydrogen-bond donors (Lipinski definition) is 1. The molecule has 1 fully saturated rings. The maximum atomic E-state index is 12.4. The summed E-state index contributed by atoms with van der Waals surface area (Å²) in [4.78, 5) is 20.7. The number of nitrogens with one attached hydrogen (secondary N) is 1. The van der Waals surface area contributed by atoms with Gasteiger partial charge in [0.1, 0.15) is 6.10 Å². The third-order valence-corrected chi connectivity index (χ3v) is 4.95. The molecule has 8 heteroatoms. The second-order valence-corrected chi connectivity index (χ2v) is 6.89. The van der Waals surface area contributed by atoms with Crippen molar-refractivity contribution in [3.05, 3.63) is 36.2 Å². The van der Waals surface area contributed by atoms with Gasteiger partial charge in [0, 0.05) is 18.4 Å². The maximum absolute atomic E-state index is 12.4. The van der Waals surface area contributed by atoms with Crippen molar-refractivity contribution in [2.75, 3.05) is 13.9 Å². The van der Waals surface area contributed by atoms with Gasteiger partial charge in [-0.15, -0.1) is 0 Å². The number of fused-ring (bicyclic) bond motifs is 1. The number of ether oxygens (including phenoxy) is 4. The van der Waals surface area contributed by atoms with E-state index in [1.54, 1.807) is 19.5 Å². The van der Waals surface area contributed by atoms with Crippen LogP contribution in [0.4, 0.5) is 0 Å². The standard InChI is InChI=1S/C20H23N3O5/c1-25-19-20(22-9-8-21-19)28-15-5-3-14(4-6-15)23-18(24)11-13-2-7-16-17(10-13)27-12-26-16/h2,7-10,14-15H,3-6,11-12H2,1H3,(H,23,24). The van der Waals surface area contributed by atoms with Crippen LogP contribution < -0.4 is 24.3 Å². The summed E-state index contributed by atoms with van der Waals surface area (Å²) < 4.78 is 21.8. The number of nitrogens with zero attached hydrogens (tertiary/aromatic N) is 2.